The molecule has 0 aromatic carbocycles. The van der Waals surface area contributed by atoms with E-state index >= 15 is 0 Å². The van der Waals surface area contributed by atoms with Gasteiger partial charge in [-0.1, -0.05) is 43.4 Å². The van der Waals surface area contributed by atoms with Gasteiger partial charge < -0.3 is 0 Å². The Kier molecular flexibility index (Phi) is 2.68. The van der Waals surface area contributed by atoms with E-state index in [0.717, 1.165) is 11.8 Å². The zero-order valence-electron chi connectivity index (χ0n) is 9.84. The Morgan fingerprint density at radius 1 is 1.47 bits per heavy atom. The summed E-state index contributed by atoms with van der Waals surface area (Å²) in [6.45, 7) is 12.6. The third-order valence-corrected chi connectivity index (χ3v) is 3.69. The molecule has 15 heavy (non-hydrogen) atoms. The van der Waals surface area contributed by atoms with Gasteiger partial charge in [-0.2, -0.15) is 0 Å². The molecular formula is C15H20. The molecule has 0 fully saturated rings. The summed E-state index contributed by atoms with van der Waals surface area (Å²) in [5.74, 6) is 1.53. The maximum Gasteiger partial charge on any atom is -0.0124 e. The van der Waals surface area contributed by atoms with E-state index in [1.165, 1.54) is 41.6 Å². The van der Waals surface area contributed by atoms with Crippen LogP contribution in [0.5, 0.6) is 0 Å². The number of hydrogen-bond donors (Lipinski definition) is 0. The highest BCUT2D eigenvalue weighted by Crippen LogP contribution is 2.43. The molecule has 2 aliphatic rings. The topological polar surface area (TPSA) is 0 Å². The Balaban J connectivity index is 2.43. The predicted molar refractivity (Wildman–Crippen MR) is 66.6 cm³/mol. The molecule has 0 spiro atoms. The maximum atomic E-state index is 4.09. The lowest BCUT2D eigenvalue weighted by Gasteiger charge is -2.35. The van der Waals surface area contributed by atoms with Crippen LogP contribution in [-0.2, 0) is 0 Å². The minimum atomic E-state index is 0.743. The summed E-state index contributed by atoms with van der Waals surface area (Å²) in [5.41, 5.74) is 5.37. The summed E-state index contributed by atoms with van der Waals surface area (Å²) < 4.78 is 0. The Hall–Kier alpha value is -1.04. The van der Waals surface area contributed by atoms with Crippen LogP contribution in [0, 0.1) is 11.8 Å². The van der Waals surface area contributed by atoms with Crippen LogP contribution in [0.2, 0.25) is 0 Å². The summed E-state index contributed by atoms with van der Waals surface area (Å²) in [4.78, 5) is 0. The molecule has 0 nitrogen and oxygen atoms in total. The van der Waals surface area contributed by atoms with Gasteiger partial charge in [-0.05, 0) is 49.2 Å². The molecule has 0 aromatic heterocycles. The molecule has 0 aliphatic heterocycles. The summed E-state index contributed by atoms with van der Waals surface area (Å²) >= 11 is 0. The third-order valence-electron chi connectivity index (χ3n) is 3.69. The fourth-order valence-corrected chi connectivity index (χ4v) is 2.77. The molecule has 0 aromatic rings. The van der Waals surface area contributed by atoms with Crippen LogP contribution in [0.1, 0.15) is 33.1 Å². The SMILES string of the molecule is C=C1C=C2C(C(=C)C)=CCC(C)C2CC1. The lowest BCUT2D eigenvalue weighted by Crippen LogP contribution is -2.22. The van der Waals surface area contributed by atoms with E-state index in [2.05, 4.69) is 39.2 Å². The molecule has 0 amide bonds. The molecule has 0 saturated heterocycles. The van der Waals surface area contributed by atoms with Crippen molar-refractivity contribution in [1.82, 2.24) is 0 Å². The quantitative estimate of drug-likeness (QED) is 0.587. The van der Waals surface area contributed by atoms with Gasteiger partial charge in [0, 0.05) is 0 Å². The molecule has 2 unspecified atom stereocenters. The minimum Gasteiger partial charge on any atom is -0.0958 e. The molecule has 2 atom stereocenters. The van der Waals surface area contributed by atoms with Crippen molar-refractivity contribution in [3.8, 4) is 0 Å². The zero-order chi connectivity index (χ0) is 11.0. The van der Waals surface area contributed by atoms with Crippen LogP contribution in [0.25, 0.3) is 0 Å². The monoisotopic (exact) mass is 200 g/mol. The van der Waals surface area contributed by atoms with Gasteiger partial charge in [0.25, 0.3) is 0 Å². The van der Waals surface area contributed by atoms with Crippen molar-refractivity contribution < 1.29 is 0 Å². The Morgan fingerprint density at radius 3 is 2.87 bits per heavy atom. The molecule has 0 heteroatoms. The Bertz CT molecular complexity index is 363. The summed E-state index contributed by atoms with van der Waals surface area (Å²) in [5, 5.41) is 0. The second-order valence-electron chi connectivity index (χ2n) is 5.01. The van der Waals surface area contributed by atoms with Crippen molar-refractivity contribution in [2.24, 2.45) is 11.8 Å². The molecule has 2 rings (SSSR count). The zero-order valence-corrected chi connectivity index (χ0v) is 9.84. The van der Waals surface area contributed by atoms with E-state index in [4.69, 9.17) is 0 Å². The standard InChI is InChI=1S/C15H20/c1-10(2)13-8-6-12(4)14-7-5-11(3)9-15(13)14/h8-9,12,14H,1,3,5-7H2,2,4H3. The first-order valence-electron chi connectivity index (χ1n) is 5.85. The van der Waals surface area contributed by atoms with Crippen molar-refractivity contribution >= 4 is 0 Å². The first-order chi connectivity index (χ1) is 7.09. The first kappa shape index (κ1) is 10.5. The number of rotatable bonds is 1. The van der Waals surface area contributed by atoms with Crippen LogP contribution in [0.4, 0.5) is 0 Å². The molecule has 0 radical (unpaired) electrons. The fourth-order valence-electron chi connectivity index (χ4n) is 2.77. The lowest BCUT2D eigenvalue weighted by molar-refractivity contribution is 0.373. The molecule has 2 aliphatic carbocycles. The smallest absolute Gasteiger partial charge is 0.0124 e. The molecule has 0 saturated carbocycles. The van der Waals surface area contributed by atoms with Gasteiger partial charge in [0.2, 0.25) is 0 Å². The van der Waals surface area contributed by atoms with Gasteiger partial charge in [-0.3, -0.25) is 0 Å². The molecular weight excluding hydrogens is 180 g/mol. The molecule has 0 bridgehead atoms. The summed E-state index contributed by atoms with van der Waals surface area (Å²) in [6, 6.07) is 0. The van der Waals surface area contributed by atoms with Gasteiger partial charge in [0.1, 0.15) is 0 Å². The van der Waals surface area contributed by atoms with Crippen molar-refractivity contribution in [3.05, 3.63) is 47.6 Å². The second kappa shape index (κ2) is 3.84. The van der Waals surface area contributed by atoms with Gasteiger partial charge in [0.05, 0.1) is 0 Å². The molecule has 0 N–H and O–H groups in total. The van der Waals surface area contributed by atoms with Crippen molar-refractivity contribution in [2.45, 2.75) is 33.1 Å². The van der Waals surface area contributed by atoms with E-state index in [1.807, 2.05) is 0 Å². The minimum absolute atomic E-state index is 0.743. The Morgan fingerprint density at radius 2 is 2.20 bits per heavy atom. The average molecular weight is 200 g/mol. The maximum absolute atomic E-state index is 4.09. The van der Waals surface area contributed by atoms with Crippen molar-refractivity contribution in [3.63, 3.8) is 0 Å². The van der Waals surface area contributed by atoms with Gasteiger partial charge in [-0.25, -0.2) is 0 Å². The highest BCUT2D eigenvalue weighted by atomic mass is 14.3. The predicted octanol–water partition coefficient (Wildman–Crippen LogP) is 4.42. The van der Waals surface area contributed by atoms with Crippen molar-refractivity contribution in [2.75, 3.05) is 0 Å². The second-order valence-corrected chi connectivity index (χ2v) is 5.01. The average Bonchev–Trinajstić information content (AvgIpc) is 2.17. The summed E-state index contributed by atoms with van der Waals surface area (Å²) in [7, 11) is 0. The molecule has 80 valence electrons. The highest BCUT2D eigenvalue weighted by molar-refractivity contribution is 5.51. The fraction of sp³-hybridized carbons (Fsp3) is 0.467. The highest BCUT2D eigenvalue weighted by Gasteiger charge is 2.29. The number of hydrogen-bond acceptors (Lipinski definition) is 0. The van der Waals surface area contributed by atoms with E-state index in [1.54, 1.807) is 0 Å². The lowest BCUT2D eigenvalue weighted by atomic mass is 9.70. The largest absolute Gasteiger partial charge is 0.0958 e. The first-order valence-corrected chi connectivity index (χ1v) is 5.85. The van der Waals surface area contributed by atoms with Crippen LogP contribution >= 0.6 is 0 Å². The van der Waals surface area contributed by atoms with Gasteiger partial charge in [-0.15, -0.1) is 0 Å². The number of fused-ring (bicyclic) bond motifs is 1. The van der Waals surface area contributed by atoms with E-state index in [0.29, 0.717) is 0 Å². The van der Waals surface area contributed by atoms with Crippen LogP contribution in [-0.4, -0.2) is 0 Å². The van der Waals surface area contributed by atoms with E-state index in [-0.39, 0.29) is 0 Å². The number of allylic oxidation sites excluding steroid dienone is 6. The van der Waals surface area contributed by atoms with Gasteiger partial charge >= 0.3 is 0 Å². The Labute approximate surface area is 93.1 Å². The van der Waals surface area contributed by atoms with Gasteiger partial charge in [0.15, 0.2) is 0 Å². The van der Waals surface area contributed by atoms with Crippen LogP contribution < -0.4 is 0 Å². The normalized spacial score (nSPS) is 30.4. The third kappa shape index (κ3) is 1.86. The van der Waals surface area contributed by atoms with E-state index < -0.39 is 0 Å². The van der Waals surface area contributed by atoms with E-state index in [9.17, 15) is 0 Å². The van der Waals surface area contributed by atoms with Crippen molar-refractivity contribution in [1.29, 1.82) is 0 Å². The van der Waals surface area contributed by atoms with Crippen LogP contribution in [0.15, 0.2) is 47.6 Å². The molecule has 0 heterocycles. The summed E-state index contributed by atoms with van der Waals surface area (Å²) in [6.07, 6.45) is 8.30. The van der Waals surface area contributed by atoms with Crippen LogP contribution in [0.3, 0.4) is 0 Å².